The predicted octanol–water partition coefficient (Wildman–Crippen LogP) is 2.58. The number of hydrogen-bond donors (Lipinski definition) is 0. The maximum Gasteiger partial charge on any atom is 0.501 e. The van der Waals surface area contributed by atoms with Gasteiger partial charge >= 0.3 is 5.51 Å². The lowest BCUT2D eigenvalue weighted by Gasteiger charge is -2.07. The van der Waals surface area contributed by atoms with Crippen LogP contribution in [0.4, 0.5) is 13.2 Å². The third-order valence-electron chi connectivity index (χ3n) is 1.41. The van der Waals surface area contributed by atoms with Crippen molar-refractivity contribution in [1.29, 1.82) is 0 Å². The lowest BCUT2D eigenvalue weighted by molar-refractivity contribution is -0.0436. The zero-order valence-electron chi connectivity index (χ0n) is 6.55. The molecule has 0 fully saturated rings. The van der Waals surface area contributed by atoms with Crippen molar-refractivity contribution in [3.8, 4) is 0 Å². The summed E-state index contributed by atoms with van der Waals surface area (Å²) < 4.78 is 58.4. The van der Waals surface area contributed by atoms with E-state index in [2.05, 4.69) is 0 Å². The first kappa shape index (κ1) is 11.8. The van der Waals surface area contributed by atoms with Gasteiger partial charge in [0.1, 0.15) is 0 Å². The van der Waals surface area contributed by atoms with Gasteiger partial charge < -0.3 is 0 Å². The van der Waals surface area contributed by atoms with Gasteiger partial charge in [-0.15, -0.1) is 0 Å². The summed E-state index contributed by atoms with van der Waals surface area (Å²) >= 11 is 1.74. The lowest BCUT2D eigenvalue weighted by atomic mass is 10.4. The van der Waals surface area contributed by atoms with Gasteiger partial charge in [0.25, 0.3) is 9.84 Å². The summed E-state index contributed by atoms with van der Waals surface area (Å²) in [4.78, 5) is -0.725. The molecule has 0 spiro atoms. The summed E-state index contributed by atoms with van der Waals surface area (Å²) in [7, 11) is -5.20. The number of hydrogen-bond acceptors (Lipinski definition) is 2. The minimum absolute atomic E-state index is 0.438. The monoisotopic (exact) mass is 336 g/mol. The molecule has 78 valence electrons. The number of halogens is 4. The second-order valence-electron chi connectivity index (χ2n) is 2.41. The molecule has 0 aromatic heterocycles. The summed E-state index contributed by atoms with van der Waals surface area (Å²) in [5.41, 5.74) is -5.24. The first-order valence-corrected chi connectivity index (χ1v) is 5.88. The van der Waals surface area contributed by atoms with E-state index in [1.165, 1.54) is 12.1 Å². The van der Waals surface area contributed by atoms with Crippen LogP contribution in [0.25, 0.3) is 0 Å². The highest BCUT2D eigenvalue weighted by Crippen LogP contribution is 2.30. The van der Waals surface area contributed by atoms with Crippen molar-refractivity contribution < 1.29 is 21.6 Å². The van der Waals surface area contributed by atoms with E-state index >= 15 is 0 Å². The maximum atomic E-state index is 12.1. The molecule has 2 nitrogen and oxygen atoms in total. The lowest BCUT2D eigenvalue weighted by Crippen LogP contribution is -2.23. The molecule has 0 bridgehead atoms. The molecule has 1 aromatic carbocycles. The molecule has 0 N–H and O–H groups in total. The SMILES string of the molecule is O=S(=O)(c1cccc(I)c1)C(F)(F)F. The third-order valence-corrected chi connectivity index (χ3v) is 3.57. The molecule has 0 unspecified atom stereocenters. The van der Waals surface area contributed by atoms with E-state index in [0.29, 0.717) is 3.57 Å². The number of benzene rings is 1. The van der Waals surface area contributed by atoms with Crippen LogP contribution in [-0.4, -0.2) is 13.9 Å². The Morgan fingerprint density at radius 3 is 2.21 bits per heavy atom. The fourth-order valence-corrected chi connectivity index (χ4v) is 2.33. The van der Waals surface area contributed by atoms with Gasteiger partial charge in [0.2, 0.25) is 0 Å². The van der Waals surface area contributed by atoms with Crippen LogP contribution < -0.4 is 0 Å². The van der Waals surface area contributed by atoms with E-state index in [0.717, 1.165) is 12.1 Å². The molecule has 1 aromatic rings. The fraction of sp³-hybridized carbons (Fsp3) is 0.143. The first-order chi connectivity index (χ1) is 6.25. The van der Waals surface area contributed by atoms with Crippen molar-refractivity contribution in [2.75, 3.05) is 0 Å². The Labute approximate surface area is 92.2 Å². The highest BCUT2D eigenvalue weighted by atomic mass is 127. The Kier molecular flexibility index (Phi) is 3.10. The van der Waals surface area contributed by atoms with Crippen molar-refractivity contribution in [3.63, 3.8) is 0 Å². The Hall–Kier alpha value is -0.310. The number of rotatable bonds is 1. The van der Waals surface area contributed by atoms with Gasteiger partial charge in [0, 0.05) is 3.57 Å². The molecule has 0 atom stereocenters. The molecule has 0 amide bonds. The Bertz CT molecular complexity index is 438. The molecule has 0 aliphatic rings. The molecule has 0 radical (unpaired) electrons. The van der Waals surface area contributed by atoms with Crippen molar-refractivity contribution in [2.45, 2.75) is 10.4 Å². The molecule has 0 aliphatic carbocycles. The van der Waals surface area contributed by atoms with E-state index < -0.39 is 20.2 Å². The highest BCUT2D eigenvalue weighted by molar-refractivity contribution is 14.1. The standard InChI is InChI=1S/C7H4F3IO2S/c8-7(9,10)14(12,13)6-3-1-2-5(11)4-6/h1-4H. The molecule has 7 heteroatoms. The zero-order chi connectivity index (χ0) is 11.0. The van der Waals surface area contributed by atoms with Gasteiger partial charge in [-0.1, -0.05) is 6.07 Å². The molecule has 0 saturated heterocycles. The summed E-state index contributed by atoms with van der Waals surface area (Å²) in [6.07, 6.45) is 0. The minimum Gasteiger partial charge on any atom is -0.214 e. The smallest absolute Gasteiger partial charge is 0.214 e. The largest absolute Gasteiger partial charge is 0.501 e. The van der Waals surface area contributed by atoms with Crippen LogP contribution in [0.3, 0.4) is 0 Å². The molecule has 0 heterocycles. The number of sulfone groups is 1. The van der Waals surface area contributed by atoms with Crippen LogP contribution in [0.15, 0.2) is 29.2 Å². The Morgan fingerprint density at radius 2 is 1.79 bits per heavy atom. The van der Waals surface area contributed by atoms with E-state index in [9.17, 15) is 21.6 Å². The summed E-state index contributed by atoms with van der Waals surface area (Å²) in [5.74, 6) is 0. The Balaban J connectivity index is 3.32. The Morgan fingerprint density at radius 1 is 1.21 bits per heavy atom. The summed E-state index contributed by atoms with van der Waals surface area (Å²) in [6.45, 7) is 0. The van der Waals surface area contributed by atoms with Crippen LogP contribution in [0, 0.1) is 3.57 Å². The minimum atomic E-state index is -5.24. The van der Waals surface area contributed by atoms with Crippen molar-refractivity contribution in [1.82, 2.24) is 0 Å². The quantitative estimate of drug-likeness (QED) is 0.739. The van der Waals surface area contributed by atoms with E-state index in [1.807, 2.05) is 0 Å². The van der Waals surface area contributed by atoms with Crippen LogP contribution in [0.2, 0.25) is 0 Å². The molecule has 0 saturated carbocycles. The predicted molar refractivity (Wildman–Crippen MR) is 52.4 cm³/mol. The average molecular weight is 336 g/mol. The normalized spacial score (nSPS) is 12.9. The van der Waals surface area contributed by atoms with Gasteiger partial charge in [0.15, 0.2) is 0 Å². The third kappa shape index (κ3) is 2.19. The van der Waals surface area contributed by atoms with E-state index in [4.69, 9.17) is 0 Å². The summed E-state index contributed by atoms with van der Waals surface area (Å²) in [5, 5.41) is 0. The topological polar surface area (TPSA) is 34.1 Å². The molecular formula is C7H4F3IO2S. The second kappa shape index (κ2) is 3.69. The first-order valence-electron chi connectivity index (χ1n) is 3.32. The van der Waals surface area contributed by atoms with Gasteiger partial charge in [-0.3, -0.25) is 0 Å². The van der Waals surface area contributed by atoms with Gasteiger partial charge in [-0.25, -0.2) is 8.42 Å². The zero-order valence-corrected chi connectivity index (χ0v) is 9.52. The molecule has 1 rings (SSSR count). The van der Waals surface area contributed by atoms with Crippen LogP contribution in [-0.2, 0) is 9.84 Å². The molecule has 14 heavy (non-hydrogen) atoms. The summed E-state index contributed by atoms with van der Waals surface area (Å²) in [6, 6.07) is 4.67. The molecule has 0 aliphatic heterocycles. The van der Waals surface area contributed by atoms with Gasteiger partial charge in [-0.05, 0) is 40.8 Å². The van der Waals surface area contributed by atoms with Gasteiger partial charge in [0.05, 0.1) is 4.90 Å². The van der Waals surface area contributed by atoms with Crippen molar-refractivity contribution in [2.24, 2.45) is 0 Å². The van der Waals surface area contributed by atoms with E-state index in [1.54, 1.807) is 22.6 Å². The van der Waals surface area contributed by atoms with Crippen LogP contribution >= 0.6 is 22.6 Å². The van der Waals surface area contributed by atoms with Crippen molar-refractivity contribution in [3.05, 3.63) is 27.8 Å². The van der Waals surface area contributed by atoms with Crippen molar-refractivity contribution >= 4 is 32.4 Å². The van der Waals surface area contributed by atoms with Crippen LogP contribution in [0.5, 0.6) is 0 Å². The second-order valence-corrected chi connectivity index (χ2v) is 5.59. The maximum absolute atomic E-state index is 12.1. The van der Waals surface area contributed by atoms with E-state index in [-0.39, 0.29) is 0 Å². The fourth-order valence-electron chi connectivity index (χ4n) is 0.768. The van der Waals surface area contributed by atoms with Crippen LogP contribution in [0.1, 0.15) is 0 Å². The van der Waals surface area contributed by atoms with Gasteiger partial charge in [-0.2, -0.15) is 13.2 Å². The highest BCUT2D eigenvalue weighted by Gasteiger charge is 2.46. The number of alkyl halides is 3. The average Bonchev–Trinajstić information content (AvgIpc) is 2.02. The molecular weight excluding hydrogens is 332 g/mol.